The molecule has 7 heteroatoms. The lowest BCUT2D eigenvalue weighted by Crippen LogP contribution is -2.46. The van der Waals surface area contributed by atoms with Gasteiger partial charge in [-0.05, 0) is 19.8 Å². The van der Waals surface area contributed by atoms with E-state index in [0.29, 0.717) is 6.54 Å². The molecule has 17 heavy (non-hydrogen) atoms. The van der Waals surface area contributed by atoms with Gasteiger partial charge in [-0.25, -0.2) is 14.3 Å². The number of hydrogen-bond donors (Lipinski definition) is 2. The third-order valence-corrected chi connectivity index (χ3v) is 5.33. The van der Waals surface area contributed by atoms with Crippen molar-refractivity contribution in [3.63, 3.8) is 0 Å². The summed E-state index contributed by atoms with van der Waals surface area (Å²) in [6, 6.07) is 0.0295. The van der Waals surface area contributed by atoms with Crippen LogP contribution in [0.3, 0.4) is 0 Å². The lowest BCUT2D eigenvalue weighted by Gasteiger charge is -2.32. The summed E-state index contributed by atoms with van der Waals surface area (Å²) in [5, 5.41) is 0. The van der Waals surface area contributed by atoms with Crippen LogP contribution in [-0.4, -0.2) is 37.0 Å². The van der Waals surface area contributed by atoms with Crippen LogP contribution < -0.4 is 11.3 Å². The minimum Gasteiger partial charge on any atom is -0.294 e. The van der Waals surface area contributed by atoms with Gasteiger partial charge in [0.25, 0.3) is 0 Å². The van der Waals surface area contributed by atoms with Crippen molar-refractivity contribution >= 4 is 15.9 Å². The topological polar surface area (TPSA) is 92.5 Å². The van der Waals surface area contributed by atoms with Gasteiger partial charge in [-0.1, -0.05) is 13.3 Å². The first-order chi connectivity index (χ1) is 7.88. The van der Waals surface area contributed by atoms with Gasteiger partial charge < -0.3 is 0 Å². The predicted molar refractivity (Wildman–Crippen MR) is 65.3 cm³/mol. The Kier molecular flexibility index (Phi) is 4.91. The van der Waals surface area contributed by atoms with Gasteiger partial charge in [0.2, 0.25) is 15.9 Å². The molecule has 2 unspecified atom stereocenters. The Morgan fingerprint density at radius 3 is 2.71 bits per heavy atom. The lowest BCUT2D eigenvalue weighted by atomic mass is 10.1. The van der Waals surface area contributed by atoms with Gasteiger partial charge >= 0.3 is 0 Å². The molecule has 1 heterocycles. The third-order valence-electron chi connectivity index (χ3n) is 3.15. The van der Waals surface area contributed by atoms with Crippen LogP contribution in [0.25, 0.3) is 0 Å². The average molecular weight is 263 g/mol. The molecule has 1 saturated heterocycles. The van der Waals surface area contributed by atoms with E-state index in [1.807, 2.05) is 12.3 Å². The lowest BCUT2D eigenvalue weighted by molar-refractivity contribution is -0.123. The van der Waals surface area contributed by atoms with E-state index in [9.17, 15) is 13.2 Å². The zero-order chi connectivity index (χ0) is 13.1. The molecule has 1 rings (SSSR count). The van der Waals surface area contributed by atoms with E-state index in [4.69, 9.17) is 5.84 Å². The molecule has 0 aromatic rings. The highest BCUT2D eigenvalue weighted by Crippen LogP contribution is 2.21. The first-order valence-electron chi connectivity index (χ1n) is 5.88. The van der Waals surface area contributed by atoms with Crippen molar-refractivity contribution < 1.29 is 13.2 Å². The standard InChI is InChI=1S/C10H21N3O3S/c1-8(10(14)12-11)7-17(15,16)13-6-4-3-5-9(13)2/h8-9H,3-7,11H2,1-2H3,(H,12,14). The van der Waals surface area contributed by atoms with Crippen molar-refractivity contribution in [1.82, 2.24) is 9.73 Å². The summed E-state index contributed by atoms with van der Waals surface area (Å²) in [5.74, 6) is 3.74. The Balaban J connectivity index is 2.70. The second-order valence-corrected chi connectivity index (χ2v) is 6.61. The molecule has 100 valence electrons. The predicted octanol–water partition coefficient (Wildman–Crippen LogP) is -0.183. The van der Waals surface area contributed by atoms with Crippen molar-refractivity contribution in [2.75, 3.05) is 12.3 Å². The van der Waals surface area contributed by atoms with Crippen molar-refractivity contribution in [3.8, 4) is 0 Å². The molecule has 0 aromatic carbocycles. The van der Waals surface area contributed by atoms with Crippen molar-refractivity contribution in [1.29, 1.82) is 0 Å². The van der Waals surface area contributed by atoms with Gasteiger partial charge in [0.05, 0.1) is 11.7 Å². The molecule has 2 atom stereocenters. The Morgan fingerprint density at radius 1 is 1.53 bits per heavy atom. The normalized spacial score (nSPS) is 24.3. The highest BCUT2D eigenvalue weighted by atomic mass is 32.2. The van der Waals surface area contributed by atoms with E-state index in [1.165, 1.54) is 4.31 Å². The van der Waals surface area contributed by atoms with E-state index >= 15 is 0 Å². The minimum absolute atomic E-state index is 0.0295. The number of nitrogens with two attached hydrogens (primary N) is 1. The maximum Gasteiger partial charge on any atom is 0.237 e. The molecule has 1 aliphatic rings. The van der Waals surface area contributed by atoms with Gasteiger partial charge in [-0.2, -0.15) is 4.31 Å². The molecule has 0 saturated carbocycles. The number of amides is 1. The molecule has 0 aliphatic carbocycles. The van der Waals surface area contributed by atoms with Crippen molar-refractivity contribution in [2.24, 2.45) is 11.8 Å². The molecule has 6 nitrogen and oxygen atoms in total. The molecular formula is C10H21N3O3S. The monoisotopic (exact) mass is 263 g/mol. The largest absolute Gasteiger partial charge is 0.294 e. The highest BCUT2D eigenvalue weighted by molar-refractivity contribution is 7.89. The van der Waals surface area contributed by atoms with Crippen LogP contribution in [-0.2, 0) is 14.8 Å². The van der Waals surface area contributed by atoms with E-state index in [1.54, 1.807) is 6.92 Å². The quantitative estimate of drug-likeness (QED) is 0.418. The number of sulfonamides is 1. The summed E-state index contributed by atoms with van der Waals surface area (Å²) in [5.41, 5.74) is 1.98. The van der Waals surface area contributed by atoms with Crippen LogP contribution in [0.4, 0.5) is 0 Å². The number of carbonyl (C=O) groups excluding carboxylic acids is 1. The molecular weight excluding hydrogens is 242 g/mol. The maximum atomic E-state index is 12.1. The molecule has 0 radical (unpaired) electrons. The van der Waals surface area contributed by atoms with Crippen LogP contribution in [0.15, 0.2) is 0 Å². The summed E-state index contributed by atoms with van der Waals surface area (Å²) in [7, 11) is -3.37. The zero-order valence-electron chi connectivity index (χ0n) is 10.3. The first-order valence-corrected chi connectivity index (χ1v) is 7.49. The number of nitrogens with zero attached hydrogens (tertiary/aromatic N) is 1. The first kappa shape index (κ1) is 14.4. The third kappa shape index (κ3) is 3.65. The number of rotatable bonds is 4. The fourth-order valence-corrected chi connectivity index (χ4v) is 4.15. The molecule has 1 amide bonds. The SMILES string of the molecule is CC(CS(=O)(=O)N1CCCCC1C)C(=O)NN. The minimum atomic E-state index is -3.37. The number of nitrogens with one attached hydrogen (secondary N) is 1. The highest BCUT2D eigenvalue weighted by Gasteiger charge is 2.32. The van der Waals surface area contributed by atoms with Crippen molar-refractivity contribution in [2.45, 2.75) is 39.2 Å². The van der Waals surface area contributed by atoms with E-state index in [-0.39, 0.29) is 11.8 Å². The van der Waals surface area contributed by atoms with Gasteiger partial charge in [0.15, 0.2) is 0 Å². The number of hydrazine groups is 1. The molecule has 0 bridgehead atoms. The van der Waals surface area contributed by atoms with E-state index in [2.05, 4.69) is 0 Å². The molecule has 0 spiro atoms. The van der Waals surface area contributed by atoms with Gasteiger partial charge in [0.1, 0.15) is 0 Å². The van der Waals surface area contributed by atoms with Crippen LogP contribution >= 0.6 is 0 Å². The smallest absolute Gasteiger partial charge is 0.237 e. The fraction of sp³-hybridized carbons (Fsp3) is 0.900. The summed E-state index contributed by atoms with van der Waals surface area (Å²) in [4.78, 5) is 11.2. The van der Waals surface area contributed by atoms with Gasteiger partial charge in [-0.3, -0.25) is 10.2 Å². The zero-order valence-corrected chi connectivity index (χ0v) is 11.2. The Hall–Kier alpha value is -0.660. The maximum absolute atomic E-state index is 12.1. The van der Waals surface area contributed by atoms with E-state index in [0.717, 1.165) is 19.3 Å². The Morgan fingerprint density at radius 2 is 2.18 bits per heavy atom. The summed E-state index contributed by atoms with van der Waals surface area (Å²) in [6.45, 7) is 4.03. The molecule has 3 N–H and O–H groups in total. The average Bonchev–Trinajstić information content (AvgIpc) is 2.27. The summed E-state index contributed by atoms with van der Waals surface area (Å²) < 4.78 is 25.8. The van der Waals surface area contributed by atoms with Crippen LogP contribution in [0.5, 0.6) is 0 Å². The molecule has 0 aromatic heterocycles. The number of hydrogen-bond acceptors (Lipinski definition) is 4. The number of piperidine rings is 1. The second-order valence-electron chi connectivity index (χ2n) is 4.64. The summed E-state index contributed by atoms with van der Waals surface area (Å²) >= 11 is 0. The van der Waals surface area contributed by atoms with Gasteiger partial charge in [0, 0.05) is 12.6 Å². The van der Waals surface area contributed by atoms with E-state index < -0.39 is 21.8 Å². The summed E-state index contributed by atoms with van der Waals surface area (Å²) in [6.07, 6.45) is 2.84. The Labute approximate surface area is 103 Å². The molecule has 1 fully saturated rings. The van der Waals surface area contributed by atoms with Crippen molar-refractivity contribution in [3.05, 3.63) is 0 Å². The molecule has 1 aliphatic heterocycles. The number of carbonyl (C=O) groups is 1. The van der Waals surface area contributed by atoms with Crippen LogP contribution in [0.2, 0.25) is 0 Å². The Bertz CT molecular complexity index is 369. The van der Waals surface area contributed by atoms with Crippen LogP contribution in [0, 0.1) is 5.92 Å². The van der Waals surface area contributed by atoms with Gasteiger partial charge in [-0.15, -0.1) is 0 Å². The fourth-order valence-electron chi connectivity index (χ4n) is 2.11. The second kappa shape index (κ2) is 5.79. The van der Waals surface area contributed by atoms with Crippen LogP contribution in [0.1, 0.15) is 33.1 Å².